The number of alkyl halides is 2. The Morgan fingerprint density at radius 1 is 1.31 bits per heavy atom. The molecule has 2 nitrogen and oxygen atoms in total. The van der Waals surface area contributed by atoms with Crippen LogP contribution >= 0.6 is 0 Å². The summed E-state index contributed by atoms with van der Waals surface area (Å²) in [7, 11) is 0. The number of ketones is 1. The van der Waals surface area contributed by atoms with Crippen molar-refractivity contribution in [1.29, 1.82) is 0 Å². The van der Waals surface area contributed by atoms with Crippen LogP contribution in [0, 0.1) is 5.92 Å². The molecule has 0 bridgehead atoms. The zero-order valence-electron chi connectivity index (χ0n) is 9.03. The minimum atomic E-state index is -2.77. The summed E-state index contributed by atoms with van der Waals surface area (Å²) in [4.78, 5) is 11.7. The second kappa shape index (κ2) is 6.33. The monoisotopic (exact) mass is 228 g/mol. The molecule has 0 aliphatic heterocycles. The Hall–Kier alpha value is -1.29. The van der Waals surface area contributed by atoms with Crippen LogP contribution in [0.3, 0.4) is 0 Å². The normalized spacial score (nSPS) is 12.8. The van der Waals surface area contributed by atoms with Crippen molar-refractivity contribution in [3.05, 3.63) is 35.9 Å². The SMILES string of the molecule is CC(COC(F)F)CC(=O)c1ccccc1. The Morgan fingerprint density at radius 3 is 2.50 bits per heavy atom. The van der Waals surface area contributed by atoms with Crippen molar-refractivity contribution < 1.29 is 18.3 Å². The van der Waals surface area contributed by atoms with E-state index in [1.807, 2.05) is 6.07 Å². The highest BCUT2D eigenvalue weighted by Crippen LogP contribution is 2.11. The summed E-state index contributed by atoms with van der Waals surface area (Å²) in [6.45, 7) is -1.16. The van der Waals surface area contributed by atoms with Crippen molar-refractivity contribution in [2.75, 3.05) is 6.61 Å². The molecule has 0 heterocycles. The quantitative estimate of drug-likeness (QED) is 0.699. The van der Waals surface area contributed by atoms with E-state index >= 15 is 0 Å². The van der Waals surface area contributed by atoms with Crippen LogP contribution in [0.1, 0.15) is 23.7 Å². The van der Waals surface area contributed by atoms with Gasteiger partial charge in [-0.3, -0.25) is 4.79 Å². The van der Waals surface area contributed by atoms with E-state index in [4.69, 9.17) is 0 Å². The first kappa shape index (κ1) is 12.8. The van der Waals surface area contributed by atoms with Gasteiger partial charge in [-0.25, -0.2) is 0 Å². The second-order valence-electron chi connectivity index (χ2n) is 3.69. The van der Waals surface area contributed by atoms with E-state index in [9.17, 15) is 13.6 Å². The topological polar surface area (TPSA) is 26.3 Å². The zero-order chi connectivity index (χ0) is 12.0. The molecular weight excluding hydrogens is 214 g/mol. The first-order chi connectivity index (χ1) is 7.59. The fraction of sp³-hybridized carbons (Fsp3) is 0.417. The van der Waals surface area contributed by atoms with Crippen molar-refractivity contribution in [3.63, 3.8) is 0 Å². The summed E-state index contributed by atoms with van der Waals surface area (Å²) < 4.78 is 27.7. The van der Waals surface area contributed by atoms with Gasteiger partial charge in [-0.2, -0.15) is 8.78 Å². The maximum absolute atomic E-state index is 11.7. The van der Waals surface area contributed by atoms with Crippen LogP contribution in [0.5, 0.6) is 0 Å². The first-order valence-electron chi connectivity index (χ1n) is 5.07. The number of Topliss-reactive ketones (excluding diaryl/α,β-unsaturated/α-hetero) is 1. The zero-order valence-corrected chi connectivity index (χ0v) is 9.03. The van der Waals surface area contributed by atoms with Gasteiger partial charge in [0.15, 0.2) is 5.78 Å². The van der Waals surface area contributed by atoms with E-state index in [0.717, 1.165) is 0 Å². The molecule has 4 heteroatoms. The summed E-state index contributed by atoms with van der Waals surface area (Å²) in [5.41, 5.74) is 0.603. The number of hydrogen-bond acceptors (Lipinski definition) is 2. The summed E-state index contributed by atoms with van der Waals surface area (Å²) in [5, 5.41) is 0. The number of benzene rings is 1. The molecule has 0 aliphatic rings. The van der Waals surface area contributed by atoms with Crippen LogP contribution < -0.4 is 0 Å². The predicted molar refractivity (Wildman–Crippen MR) is 56.5 cm³/mol. The van der Waals surface area contributed by atoms with Gasteiger partial charge in [-0.15, -0.1) is 0 Å². The van der Waals surface area contributed by atoms with Crippen LogP contribution in [0.15, 0.2) is 30.3 Å². The Kier molecular flexibility index (Phi) is 5.05. The average Bonchev–Trinajstić information content (AvgIpc) is 2.27. The summed E-state index contributed by atoms with van der Waals surface area (Å²) in [5.74, 6) is -0.257. The van der Waals surface area contributed by atoms with E-state index in [1.54, 1.807) is 31.2 Å². The van der Waals surface area contributed by atoms with E-state index in [2.05, 4.69) is 4.74 Å². The maximum Gasteiger partial charge on any atom is 0.345 e. The lowest BCUT2D eigenvalue weighted by Gasteiger charge is -2.10. The third-order valence-electron chi connectivity index (χ3n) is 2.14. The Labute approximate surface area is 93.2 Å². The standard InChI is InChI=1S/C12H14F2O2/c1-9(8-16-12(13)14)7-11(15)10-5-3-2-4-6-10/h2-6,9,12H,7-8H2,1H3. The van der Waals surface area contributed by atoms with E-state index < -0.39 is 6.61 Å². The van der Waals surface area contributed by atoms with Gasteiger partial charge in [0, 0.05) is 12.0 Å². The first-order valence-corrected chi connectivity index (χ1v) is 5.07. The van der Waals surface area contributed by atoms with Gasteiger partial charge in [0.1, 0.15) is 0 Å². The Balaban J connectivity index is 2.40. The number of ether oxygens (including phenoxy) is 1. The molecule has 0 radical (unpaired) electrons. The molecule has 16 heavy (non-hydrogen) atoms. The lowest BCUT2D eigenvalue weighted by atomic mass is 10.0. The van der Waals surface area contributed by atoms with Gasteiger partial charge < -0.3 is 4.74 Å². The van der Waals surface area contributed by atoms with Crippen LogP contribution in [-0.2, 0) is 4.74 Å². The summed E-state index contributed by atoms with van der Waals surface area (Å²) >= 11 is 0. The number of halogens is 2. The molecule has 1 aromatic carbocycles. The number of rotatable bonds is 6. The smallest absolute Gasteiger partial charge is 0.323 e. The number of carbonyl (C=O) groups excluding carboxylic acids is 1. The Bertz CT molecular complexity index is 325. The highest BCUT2D eigenvalue weighted by molar-refractivity contribution is 5.96. The fourth-order valence-electron chi connectivity index (χ4n) is 1.35. The minimum Gasteiger partial charge on any atom is -0.323 e. The highest BCUT2D eigenvalue weighted by atomic mass is 19.3. The van der Waals surface area contributed by atoms with Crippen molar-refractivity contribution in [2.45, 2.75) is 20.0 Å². The van der Waals surface area contributed by atoms with Gasteiger partial charge in [0.25, 0.3) is 0 Å². The molecule has 0 saturated carbocycles. The highest BCUT2D eigenvalue weighted by Gasteiger charge is 2.13. The molecular formula is C12H14F2O2. The minimum absolute atomic E-state index is 0.0500. The molecule has 0 amide bonds. The van der Waals surface area contributed by atoms with Gasteiger partial charge in [-0.05, 0) is 5.92 Å². The van der Waals surface area contributed by atoms with Crippen LogP contribution in [-0.4, -0.2) is 19.0 Å². The number of hydrogen-bond donors (Lipinski definition) is 0. The lowest BCUT2D eigenvalue weighted by molar-refractivity contribution is -0.136. The molecule has 0 saturated heterocycles. The molecule has 1 atom stereocenters. The van der Waals surface area contributed by atoms with Gasteiger partial charge in [0.05, 0.1) is 6.61 Å². The maximum atomic E-state index is 11.7. The molecule has 0 aromatic heterocycles. The molecule has 88 valence electrons. The summed E-state index contributed by atoms with van der Waals surface area (Å²) in [6, 6.07) is 8.78. The molecule has 1 aromatic rings. The van der Waals surface area contributed by atoms with E-state index in [0.29, 0.717) is 5.56 Å². The van der Waals surface area contributed by atoms with Crippen molar-refractivity contribution in [1.82, 2.24) is 0 Å². The molecule has 0 fully saturated rings. The largest absolute Gasteiger partial charge is 0.345 e. The number of carbonyl (C=O) groups is 1. The molecule has 1 unspecified atom stereocenters. The van der Waals surface area contributed by atoms with Gasteiger partial charge >= 0.3 is 6.61 Å². The molecule has 1 rings (SSSR count). The predicted octanol–water partition coefficient (Wildman–Crippen LogP) is 3.13. The van der Waals surface area contributed by atoms with Crippen molar-refractivity contribution in [2.24, 2.45) is 5.92 Å². The summed E-state index contributed by atoms with van der Waals surface area (Å²) in [6.07, 6.45) is 0.219. The van der Waals surface area contributed by atoms with Crippen molar-refractivity contribution >= 4 is 5.78 Å². The van der Waals surface area contributed by atoms with Crippen molar-refractivity contribution in [3.8, 4) is 0 Å². The van der Waals surface area contributed by atoms with E-state index in [1.165, 1.54) is 0 Å². The van der Waals surface area contributed by atoms with Crippen LogP contribution in [0.2, 0.25) is 0 Å². The van der Waals surface area contributed by atoms with E-state index in [-0.39, 0.29) is 24.7 Å². The van der Waals surface area contributed by atoms with Gasteiger partial charge in [-0.1, -0.05) is 37.3 Å². The lowest BCUT2D eigenvalue weighted by Crippen LogP contribution is -2.13. The fourth-order valence-corrected chi connectivity index (χ4v) is 1.35. The molecule has 0 spiro atoms. The third-order valence-corrected chi connectivity index (χ3v) is 2.14. The van der Waals surface area contributed by atoms with Crippen LogP contribution in [0.4, 0.5) is 8.78 Å². The van der Waals surface area contributed by atoms with Crippen LogP contribution in [0.25, 0.3) is 0 Å². The average molecular weight is 228 g/mol. The third kappa shape index (κ3) is 4.49. The second-order valence-corrected chi connectivity index (χ2v) is 3.69. The van der Waals surface area contributed by atoms with Gasteiger partial charge in [0.2, 0.25) is 0 Å². The molecule has 0 aliphatic carbocycles. The molecule has 0 N–H and O–H groups in total. The Morgan fingerprint density at radius 2 is 1.94 bits per heavy atom.